The van der Waals surface area contributed by atoms with E-state index in [-0.39, 0.29) is 0 Å². The van der Waals surface area contributed by atoms with Crippen LogP contribution in [0.15, 0.2) is 36.4 Å². The van der Waals surface area contributed by atoms with Gasteiger partial charge in [0.15, 0.2) is 23.0 Å². The van der Waals surface area contributed by atoms with Gasteiger partial charge in [0.25, 0.3) is 0 Å². The molecule has 0 aliphatic carbocycles. The molecule has 8 heteroatoms. The summed E-state index contributed by atoms with van der Waals surface area (Å²) in [6, 6.07) is 10.7. The van der Waals surface area contributed by atoms with Gasteiger partial charge >= 0.3 is 0 Å². The summed E-state index contributed by atoms with van der Waals surface area (Å²) in [5.41, 5.74) is 2.59. The molecule has 0 N–H and O–H groups in total. The second-order valence-corrected chi connectivity index (χ2v) is 7.58. The molecule has 198 valence electrons. The van der Waals surface area contributed by atoms with Gasteiger partial charge in [-0.3, -0.25) is 0 Å². The van der Waals surface area contributed by atoms with Gasteiger partial charge in [-0.25, -0.2) is 0 Å². The molecule has 0 atom stereocenters. The molecule has 0 saturated carbocycles. The largest absolute Gasteiger partial charge is 0.495 e. The van der Waals surface area contributed by atoms with Crippen LogP contribution in [0, 0.1) is 23.7 Å². The smallest absolute Gasteiger partial charge is 0.203 e. The Balaban J connectivity index is 2.04. The van der Waals surface area contributed by atoms with Gasteiger partial charge in [0.2, 0.25) is 11.5 Å². The molecule has 8 nitrogen and oxygen atoms in total. The van der Waals surface area contributed by atoms with Crippen LogP contribution in [0.25, 0.3) is 0 Å². The Bertz CT molecular complexity index is 1260. The van der Waals surface area contributed by atoms with Gasteiger partial charge in [-0.15, -0.1) is 0 Å². The highest BCUT2D eigenvalue weighted by molar-refractivity contribution is 5.63. The van der Waals surface area contributed by atoms with Crippen LogP contribution in [0.4, 0.5) is 0 Å². The van der Waals surface area contributed by atoms with Gasteiger partial charge in [0.1, 0.15) is 11.5 Å². The maximum absolute atomic E-state index is 5.60. The van der Waals surface area contributed by atoms with Gasteiger partial charge in [0, 0.05) is 23.3 Å². The van der Waals surface area contributed by atoms with E-state index in [1.807, 2.05) is 0 Å². The summed E-state index contributed by atoms with van der Waals surface area (Å²) >= 11 is 0. The summed E-state index contributed by atoms with van der Waals surface area (Å²) in [6.45, 7) is 0. The molecule has 0 aliphatic rings. The van der Waals surface area contributed by atoms with Gasteiger partial charge in [-0.05, 0) is 24.3 Å². The van der Waals surface area contributed by atoms with E-state index in [2.05, 4.69) is 23.7 Å². The minimum absolute atomic E-state index is 0.495. The van der Waals surface area contributed by atoms with E-state index in [0.29, 0.717) is 68.2 Å². The van der Waals surface area contributed by atoms with Crippen LogP contribution in [0.3, 0.4) is 0 Å². The SMILES string of the molecule is COc1cc(C#Cc2cc(OC)c(OC)c(OC)c2)c(OC)cc1C#Cc1cc(OC)c(OC)c(OC)c1. The Morgan fingerprint density at radius 1 is 0.342 bits per heavy atom. The number of benzene rings is 3. The molecule has 0 saturated heterocycles. The van der Waals surface area contributed by atoms with Crippen molar-refractivity contribution in [3.63, 3.8) is 0 Å². The van der Waals surface area contributed by atoms with Crippen LogP contribution in [-0.2, 0) is 0 Å². The molecule has 0 bridgehead atoms. The Hall–Kier alpha value is -4.82. The van der Waals surface area contributed by atoms with Crippen molar-refractivity contribution in [2.45, 2.75) is 0 Å². The molecule has 3 aromatic rings. The quantitative estimate of drug-likeness (QED) is 0.402. The maximum Gasteiger partial charge on any atom is 0.203 e. The van der Waals surface area contributed by atoms with Crippen LogP contribution >= 0.6 is 0 Å². The number of hydrogen-bond acceptors (Lipinski definition) is 8. The lowest BCUT2D eigenvalue weighted by Crippen LogP contribution is -1.96. The summed E-state index contributed by atoms with van der Waals surface area (Å²) in [7, 11) is 12.5. The minimum Gasteiger partial charge on any atom is -0.495 e. The highest BCUT2D eigenvalue weighted by Gasteiger charge is 2.14. The van der Waals surface area contributed by atoms with Crippen molar-refractivity contribution in [2.24, 2.45) is 0 Å². The Morgan fingerprint density at radius 2 is 0.632 bits per heavy atom. The average molecular weight is 519 g/mol. The summed E-state index contributed by atoms with van der Waals surface area (Å²) in [4.78, 5) is 0. The minimum atomic E-state index is 0.495. The molecule has 0 aromatic heterocycles. The molecular formula is C30H30O8. The fourth-order valence-electron chi connectivity index (χ4n) is 3.68. The fourth-order valence-corrected chi connectivity index (χ4v) is 3.68. The van der Waals surface area contributed by atoms with Crippen LogP contribution in [0.2, 0.25) is 0 Å². The fraction of sp³-hybridized carbons (Fsp3) is 0.267. The van der Waals surface area contributed by atoms with Crippen molar-refractivity contribution in [3.05, 3.63) is 58.7 Å². The van der Waals surface area contributed by atoms with Crippen molar-refractivity contribution in [2.75, 3.05) is 56.9 Å². The number of hydrogen-bond donors (Lipinski definition) is 0. The molecule has 0 spiro atoms. The molecule has 38 heavy (non-hydrogen) atoms. The third-order valence-electron chi connectivity index (χ3n) is 5.53. The second kappa shape index (κ2) is 12.9. The lowest BCUT2D eigenvalue weighted by Gasteiger charge is -2.12. The molecule has 0 amide bonds. The third-order valence-corrected chi connectivity index (χ3v) is 5.53. The molecule has 0 aliphatic heterocycles. The third kappa shape index (κ3) is 5.93. The molecular weight excluding hydrogens is 488 g/mol. The van der Waals surface area contributed by atoms with Crippen molar-refractivity contribution in [1.82, 2.24) is 0 Å². The summed E-state index contributed by atoms with van der Waals surface area (Å²) in [5, 5.41) is 0. The molecule has 3 aromatic carbocycles. The lowest BCUT2D eigenvalue weighted by molar-refractivity contribution is 0.324. The number of methoxy groups -OCH3 is 8. The van der Waals surface area contributed by atoms with Crippen molar-refractivity contribution in [1.29, 1.82) is 0 Å². The predicted octanol–water partition coefficient (Wildman–Crippen LogP) is 4.56. The first-order chi connectivity index (χ1) is 18.5. The van der Waals surface area contributed by atoms with Crippen molar-refractivity contribution in [3.8, 4) is 69.7 Å². The summed E-state index contributed by atoms with van der Waals surface area (Å²) < 4.78 is 43.6. The Labute approximate surface area is 223 Å². The topological polar surface area (TPSA) is 73.8 Å². The zero-order valence-electron chi connectivity index (χ0n) is 22.7. The number of ether oxygens (including phenoxy) is 8. The number of rotatable bonds is 8. The monoisotopic (exact) mass is 518 g/mol. The standard InChI is InChI=1S/C30H30O8/c1-31-23-17-22(12-10-20-15-27(35-5)30(38-8)28(16-20)36-6)24(32-2)18-21(23)11-9-19-13-25(33-3)29(37-7)26(14-19)34-4/h13-18H,1-8H3. The van der Waals surface area contributed by atoms with Crippen LogP contribution in [0.1, 0.15) is 22.3 Å². The first-order valence-electron chi connectivity index (χ1n) is 11.4. The van der Waals surface area contributed by atoms with E-state index < -0.39 is 0 Å². The summed E-state index contributed by atoms with van der Waals surface area (Å²) in [6.07, 6.45) is 0. The van der Waals surface area contributed by atoms with Crippen molar-refractivity contribution >= 4 is 0 Å². The van der Waals surface area contributed by atoms with Gasteiger partial charge in [-0.1, -0.05) is 23.7 Å². The first-order valence-corrected chi connectivity index (χ1v) is 11.4. The van der Waals surface area contributed by atoms with Gasteiger partial charge < -0.3 is 37.9 Å². The predicted molar refractivity (Wildman–Crippen MR) is 144 cm³/mol. The van der Waals surface area contributed by atoms with Gasteiger partial charge in [-0.2, -0.15) is 0 Å². The van der Waals surface area contributed by atoms with Crippen LogP contribution in [0.5, 0.6) is 46.0 Å². The van der Waals surface area contributed by atoms with E-state index in [9.17, 15) is 0 Å². The maximum atomic E-state index is 5.60. The Morgan fingerprint density at radius 3 is 0.868 bits per heavy atom. The van der Waals surface area contributed by atoms with E-state index in [1.54, 1.807) is 93.3 Å². The van der Waals surface area contributed by atoms with E-state index in [4.69, 9.17) is 37.9 Å². The van der Waals surface area contributed by atoms with Gasteiger partial charge in [0.05, 0.1) is 68.0 Å². The molecule has 3 rings (SSSR count). The van der Waals surface area contributed by atoms with E-state index in [1.165, 1.54) is 0 Å². The molecule has 0 fully saturated rings. The first kappa shape index (κ1) is 27.8. The molecule has 0 radical (unpaired) electrons. The van der Waals surface area contributed by atoms with E-state index in [0.717, 1.165) is 0 Å². The van der Waals surface area contributed by atoms with Crippen molar-refractivity contribution < 1.29 is 37.9 Å². The zero-order valence-corrected chi connectivity index (χ0v) is 22.7. The molecule has 0 heterocycles. The summed E-state index contributed by atoms with van der Waals surface area (Å²) in [5.74, 6) is 16.6. The normalized spacial score (nSPS) is 9.68. The zero-order chi connectivity index (χ0) is 27.7. The molecule has 0 unspecified atom stereocenters. The van der Waals surface area contributed by atoms with Crippen LogP contribution < -0.4 is 37.9 Å². The lowest BCUT2D eigenvalue weighted by atomic mass is 10.1. The van der Waals surface area contributed by atoms with E-state index >= 15 is 0 Å². The highest BCUT2D eigenvalue weighted by Crippen LogP contribution is 2.39. The Kier molecular flexibility index (Phi) is 9.45. The average Bonchev–Trinajstić information content (AvgIpc) is 2.97. The highest BCUT2D eigenvalue weighted by atomic mass is 16.5. The van der Waals surface area contributed by atoms with Crippen LogP contribution in [-0.4, -0.2) is 56.9 Å². The second-order valence-electron chi connectivity index (χ2n) is 7.58.